The van der Waals surface area contributed by atoms with Crippen LogP contribution in [0.15, 0.2) is 71.7 Å². The number of nitrogens with zero attached hydrogens (tertiary/aromatic N) is 1. The molecule has 0 atom stereocenters. The van der Waals surface area contributed by atoms with E-state index in [1.54, 1.807) is 41.5 Å². The smallest absolute Gasteiger partial charge is 0.414 e. The summed E-state index contributed by atoms with van der Waals surface area (Å²) >= 11 is 12.2. The molecular formula is C30H33Cl2N3O4. The van der Waals surface area contributed by atoms with E-state index in [0.29, 0.717) is 10.0 Å². The molecule has 0 unspecified atom stereocenters. The van der Waals surface area contributed by atoms with Gasteiger partial charge in [0.25, 0.3) is 0 Å². The van der Waals surface area contributed by atoms with Crippen LogP contribution in [-0.4, -0.2) is 29.3 Å². The summed E-state index contributed by atoms with van der Waals surface area (Å²) < 4.78 is 10.6. The van der Waals surface area contributed by atoms with Gasteiger partial charge in [-0.2, -0.15) is 0 Å². The van der Waals surface area contributed by atoms with Crippen LogP contribution in [0.3, 0.4) is 0 Å². The number of nitrogens with one attached hydrogen (secondary N) is 2. The molecule has 39 heavy (non-hydrogen) atoms. The first-order valence-corrected chi connectivity index (χ1v) is 13.1. The Morgan fingerprint density at radius 2 is 1.13 bits per heavy atom. The van der Waals surface area contributed by atoms with Gasteiger partial charge in [0.1, 0.15) is 11.2 Å². The van der Waals surface area contributed by atoms with Gasteiger partial charge in [-0.15, -0.1) is 0 Å². The Kier molecular flexibility index (Phi) is 9.64. The van der Waals surface area contributed by atoms with Crippen LogP contribution in [0.1, 0.15) is 47.1 Å². The quantitative estimate of drug-likeness (QED) is 0.244. The first-order chi connectivity index (χ1) is 18.2. The zero-order valence-corrected chi connectivity index (χ0v) is 24.4. The van der Waals surface area contributed by atoms with Crippen molar-refractivity contribution in [2.45, 2.75) is 59.3 Å². The lowest BCUT2D eigenvalue weighted by Gasteiger charge is -2.22. The maximum absolute atomic E-state index is 12.4. The Labute approximate surface area is 239 Å². The summed E-state index contributed by atoms with van der Waals surface area (Å²) in [6.07, 6.45) is -1.51. The Hall–Kier alpha value is -3.55. The number of ether oxygens (including phenoxy) is 2. The molecule has 0 saturated carbocycles. The summed E-state index contributed by atoms with van der Waals surface area (Å²) in [5, 5.41) is 6.30. The molecule has 2 N–H and O–H groups in total. The Bertz CT molecular complexity index is 1310. The highest BCUT2D eigenvalue weighted by Crippen LogP contribution is 2.34. The van der Waals surface area contributed by atoms with Crippen molar-refractivity contribution in [3.05, 3.63) is 82.3 Å². The lowest BCUT2D eigenvalue weighted by molar-refractivity contribution is 0.0545. The maximum atomic E-state index is 12.4. The summed E-state index contributed by atoms with van der Waals surface area (Å²) in [5.41, 5.74) is 3.31. The van der Waals surface area contributed by atoms with E-state index >= 15 is 0 Å². The highest BCUT2D eigenvalue weighted by molar-refractivity contribution is 6.31. The molecule has 3 rings (SSSR count). The molecule has 0 aromatic heterocycles. The molecule has 3 aromatic carbocycles. The summed E-state index contributed by atoms with van der Waals surface area (Å²) in [5.74, 6) is -0.0895. The van der Waals surface area contributed by atoms with Crippen molar-refractivity contribution < 1.29 is 19.1 Å². The van der Waals surface area contributed by atoms with Crippen molar-refractivity contribution in [1.29, 1.82) is 0 Å². The fourth-order valence-corrected chi connectivity index (χ4v) is 3.77. The normalized spacial score (nSPS) is 11.4. The third kappa shape index (κ3) is 9.93. The summed E-state index contributed by atoms with van der Waals surface area (Å²) in [6.45, 7) is 10.6. The van der Waals surface area contributed by atoms with E-state index in [9.17, 15) is 9.59 Å². The van der Waals surface area contributed by atoms with Crippen LogP contribution < -0.4 is 10.6 Å². The van der Waals surface area contributed by atoms with Gasteiger partial charge in [-0.3, -0.25) is 10.6 Å². The van der Waals surface area contributed by atoms with Crippen LogP contribution in [0.2, 0.25) is 10.0 Å². The second-order valence-corrected chi connectivity index (χ2v) is 11.7. The summed E-state index contributed by atoms with van der Waals surface area (Å²) in [4.78, 5) is 29.3. The van der Waals surface area contributed by atoms with E-state index in [0.717, 1.165) is 27.8 Å². The molecule has 2 amide bonds. The third-order valence-electron chi connectivity index (χ3n) is 5.05. The molecular weight excluding hydrogens is 537 g/mol. The fraction of sp³-hybridized carbons (Fsp3) is 0.300. The molecule has 206 valence electrons. The number of rotatable bonds is 4. The van der Waals surface area contributed by atoms with Crippen LogP contribution in [0, 0.1) is 0 Å². The number of hydrogen-bond donors (Lipinski definition) is 2. The highest BCUT2D eigenvalue weighted by Gasteiger charge is 2.21. The molecule has 0 aliphatic rings. The summed E-state index contributed by atoms with van der Waals surface area (Å²) in [7, 11) is 0. The second-order valence-electron chi connectivity index (χ2n) is 10.8. The first-order valence-electron chi connectivity index (χ1n) is 12.4. The molecule has 7 nitrogen and oxygen atoms in total. The topological polar surface area (TPSA) is 89.0 Å². The number of hydrogen-bond acceptors (Lipinski definition) is 5. The minimum absolute atomic E-state index is 0.0895. The van der Waals surface area contributed by atoms with E-state index in [1.807, 2.05) is 66.7 Å². The van der Waals surface area contributed by atoms with E-state index < -0.39 is 23.4 Å². The van der Waals surface area contributed by atoms with Gasteiger partial charge in [-0.1, -0.05) is 59.6 Å². The molecule has 0 aliphatic heterocycles. The SMILES string of the molecule is CC(C)(C)OC(=O)NC(=NCc1ccc(-c2ccc(Cl)cc2)c(-c2ccc(Cl)cc2)c1)NC(=O)OC(C)(C)C. The van der Waals surface area contributed by atoms with Crippen molar-refractivity contribution in [2.24, 2.45) is 4.99 Å². The van der Waals surface area contributed by atoms with Gasteiger partial charge in [-0.25, -0.2) is 14.6 Å². The van der Waals surface area contributed by atoms with Crippen molar-refractivity contribution in [3.8, 4) is 22.3 Å². The first kappa shape index (κ1) is 30.0. The van der Waals surface area contributed by atoms with Gasteiger partial charge in [0.2, 0.25) is 5.96 Å². The van der Waals surface area contributed by atoms with Crippen LogP contribution in [0.25, 0.3) is 22.3 Å². The number of benzene rings is 3. The molecule has 0 heterocycles. The van der Waals surface area contributed by atoms with E-state index in [4.69, 9.17) is 32.7 Å². The number of aliphatic imine (C=N–C) groups is 1. The van der Waals surface area contributed by atoms with Gasteiger partial charge in [0.15, 0.2) is 0 Å². The highest BCUT2D eigenvalue weighted by atomic mass is 35.5. The van der Waals surface area contributed by atoms with Crippen LogP contribution in [0.5, 0.6) is 0 Å². The fourth-order valence-electron chi connectivity index (χ4n) is 3.52. The Morgan fingerprint density at radius 1 is 0.692 bits per heavy atom. The molecule has 0 aliphatic carbocycles. The minimum atomic E-state index is -0.753. The number of carbonyl (C=O) groups excluding carboxylic acids is 2. The maximum Gasteiger partial charge on any atom is 0.414 e. The van der Waals surface area contributed by atoms with E-state index in [1.165, 1.54) is 0 Å². The van der Waals surface area contributed by atoms with Crippen molar-refractivity contribution >= 4 is 41.3 Å². The molecule has 0 spiro atoms. The van der Waals surface area contributed by atoms with Gasteiger partial charge >= 0.3 is 12.2 Å². The molecule has 9 heteroatoms. The number of halogens is 2. The van der Waals surface area contributed by atoms with Crippen LogP contribution in [0.4, 0.5) is 9.59 Å². The second kappa shape index (κ2) is 12.5. The third-order valence-corrected chi connectivity index (χ3v) is 5.56. The number of guanidine groups is 1. The average molecular weight is 571 g/mol. The Balaban J connectivity index is 1.95. The van der Waals surface area contributed by atoms with Crippen LogP contribution >= 0.6 is 23.2 Å². The zero-order valence-electron chi connectivity index (χ0n) is 22.9. The molecule has 3 aromatic rings. The average Bonchev–Trinajstić information content (AvgIpc) is 2.81. The summed E-state index contributed by atoms with van der Waals surface area (Å²) in [6, 6.07) is 21.1. The predicted molar refractivity (Wildman–Crippen MR) is 157 cm³/mol. The lowest BCUT2D eigenvalue weighted by atomic mass is 9.93. The number of carbonyl (C=O) groups is 2. The van der Waals surface area contributed by atoms with Crippen LogP contribution in [-0.2, 0) is 16.0 Å². The number of amides is 2. The van der Waals surface area contributed by atoms with Gasteiger partial charge < -0.3 is 9.47 Å². The largest absolute Gasteiger partial charge is 0.444 e. The predicted octanol–water partition coefficient (Wildman–Crippen LogP) is 8.23. The number of alkyl carbamates (subject to hydrolysis) is 2. The Morgan fingerprint density at radius 3 is 1.56 bits per heavy atom. The van der Waals surface area contributed by atoms with Crippen molar-refractivity contribution in [1.82, 2.24) is 10.6 Å². The monoisotopic (exact) mass is 569 g/mol. The molecule has 0 saturated heterocycles. The lowest BCUT2D eigenvalue weighted by Crippen LogP contribution is -2.47. The van der Waals surface area contributed by atoms with Gasteiger partial charge in [-0.05, 0) is 99.7 Å². The molecule has 0 fully saturated rings. The molecule has 0 radical (unpaired) electrons. The van der Waals surface area contributed by atoms with Gasteiger partial charge in [0.05, 0.1) is 6.54 Å². The van der Waals surface area contributed by atoms with Crippen molar-refractivity contribution in [3.63, 3.8) is 0 Å². The minimum Gasteiger partial charge on any atom is -0.444 e. The van der Waals surface area contributed by atoms with Gasteiger partial charge in [0, 0.05) is 10.0 Å². The standard InChI is InChI=1S/C30H33Cl2N3O4/c1-29(2,3)38-27(36)34-26(35-28(37)39-30(4,5)6)33-18-19-7-16-24(20-8-12-22(31)13-9-20)25(17-19)21-10-14-23(32)15-11-21/h7-17H,18H2,1-6H3,(H2,33,34,35,36,37). The molecule has 0 bridgehead atoms. The zero-order chi connectivity index (χ0) is 28.8. The van der Waals surface area contributed by atoms with Crippen molar-refractivity contribution in [2.75, 3.05) is 0 Å². The van der Waals surface area contributed by atoms with E-state index in [-0.39, 0.29) is 12.5 Å². The van der Waals surface area contributed by atoms with E-state index in [2.05, 4.69) is 15.6 Å².